The molecule has 0 spiro atoms. The van der Waals surface area contributed by atoms with Crippen molar-refractivity contribution in [1.82, 2.24) is 19.5 Å². The number of methoxy groups -OCH3 is 1. The third-order valence-corrected chi connectivity index (χ3v) is 7.22. The van der Waals surface area contributed by atoms with Crippen molar-refractivity contribution < 1.29 is 14.6 Å². The number of carbonyl (C=O) groups excluding carboxylic acids is 1. The topological polar surface area (TPSA) is 107 Å². The molecule has 1 amide bonds. The first kappa shape index (κ1) is 23.4. The maximum absolute atomic E-state index is 13.5. The Kier molecular flexibility index (Phi) is 6.26. The lowest BCUT2D eigenvalue weighted by atomic mass is 9.98. The van der Waals surface area contributed by atoms with Crippen LogP contribution in [0.1, 0.15) is 46.9 Å². The molecular formula is C25H27ClN6O3. The molecule has 182 valence electrons. The first-order chi connectivity index (χ1) is 16.9. The fourth-order valence-electron chi connectivity index (χ4n) is 5.02. The molecule has 3 aromatic rings. The van der Waals surface area contributed by atoms with E-state index in [1.54, 1.807) is 29.8 Å². The number of fused-ring (bicyclic) bond motifs is 1. The Morgan fingerprint density at radius 3 is 2.86 bits per heavy atom. The van der Waals surface area contributed by atoms with Gasteiger partial charge in [-0.2, -0.15) is 10.4 Å². The number of anilines is 1. The number of amides is 1. The van der Waals surface area contributed by atoms with E-state index in [0.717, 1.165) is 36.3 Å². The number of carbonyl (C=O) groups is 1. The number of aliphatic hydroxyl groups excluding tert-OH is 1. The average Bonchev–Trinajstić information content (AvgIpc) is 3.45. The van der Waals surface area contributed by atoms with Crippen molar-refractivity contribution in [3.8, 4) is 11.8 Å². The van der Waals surface area contributed by atoms with Crippen LogP contribution in [0.5, 0.6) is 5.75 Å². The summed E-state index contributed by atoms with van der Waals surface area (Å²) < 4.78 is 7.03. The highest BCUT2D eigenvalue weighted by Gasteiger charge is 2.34. The van der Waals surface area contributed by atoms with E-state index in [9.17, 15) is 15.2 Å². The van der Waals surface area contributed by atoms with E-state index in [0.29, 0.717) is 41.6 Å². The molecular weight excluding hydrogens is 468 g/mol. The summed E-state index contributed by atoms with van der Waals surface area (Å²) in [4.78, 5) is 22.1. The molecule has 3 atom stereocenters. The van der Waals surface area contributed by atoms with E-state index < -0.39 is 12.0 Å². The molecule has 1 N–H and O–H groups in total. The Morgan fingerprint density at radius 2 is 2.11 bits per heavy atom. The minimum Gasteiger partial charge on any atom is -0.497 e. The summed E-state index contributed by atoms with van der Waals surface area (Å²) in [5.41, 5.74) is 2.75. The Labute approximate surface area is 208 Å². The normalized spacial score (nSPS) is 22.4. The summed E-state index contributed by atoms with van der Waals surface area (Å²) >= 11 is 6.38. The molecule has 4 heterocycles. The van der Waals surface area contributed by atoms with E-state index in [1.807, 2.05) is 29.0 Å². The molecule has 2 saturated heterocycles. The van der Waals surface area contributed by atoms with E-state index in [2.05, 4.69) is 6.07 Å². The van der Waals surface area contributed by atoms with Gasteiger partial charge in [0.25, 0.3) is 5.91 Å². The van der Waals surface area contributed by atoms with Crippen molar-refractivity contribution in [3.05, 3.63) is 52.3 Å². The SMILES string of the molecule is COc1ccc(Cl)c(C(=O)N2CCCC[C@H]2c2cc3nc(N4C[C@@H](C#N)[C@@H](O)C4)c(C)cn3n2)c1. The van der Waals surface area contributed by atoms with Crippen LogP contribution in [0, 0.1) is 24.2 Å². The summed E-state index contributed by atoms with van der Waals surface area (Å²) in [6.45, 7) is 3.37. The van der Waals surface area contributed by atoms with Crippen LogP contribution >= 0.6 is 11.6 Å². The van der Waals surface area contributed by atoms with Gasteiger partial charge < -0.3 is 19.6 Å². The van der Waals surface area contributed by atoms with Gasteiger partial charge in [0.05, 0.1) is 47.5 Å². The van der Waals surface area contributed by atoms with Gasteiger partial charge in [0.15, 0.2) is 5.65 Å². The molecule has 9 nitrogen and oxygen atoms in total. The second kappa shape index (κ2) is 9.36. The van der Waals surface area contributed by atoms with Crippen molar-refractivity contribution in [1.29, 1.82) is 5.26 Å². The zero-order valence-corrected chi connectivity index (χ0v) is 20.4. The van der Waals surface area contributed by atoms with Gasteiger partial charge in [-0.05, 0) is 44.4 Å². The fourth-order valence-corrected chi connectivity index (χ4v) is 5.22. The fraction of sp³-hybridized carbons (Fsp3) is 0.440. The van der Waals surface area contributed by atoms with Crippen LogP contribution in [-0.2, 0) is 0 Å². The number of nitrogens with zero attached hydrogens (tertiary/aromatic N) is 6. The van der Waals surface area contributed by atoms with Crippen molar-refractivity contribution in [2.24, 2.45) is 5.92 Å². The van der Waals surface area contributed by atoms with Crippen molar-refractivity contribution in [2.45, 2.75) is 38.3 Å². The highest BCUT2D eigenvalue weighted by Crippen LogP contribution is 2.34. The molecule has 10 heteroatoms. The van der Waals surface area contributed by atoms with Gasteiger partial charge in [0.1, 0.15) is 11.6 Å². The number of halogens is 1. The van der Waals surface area contributed by atoms with E-state index in [4.69, 9.17) is 26.4 Å². The number of rotatable bonds is 4. The smallest absolute Gasteiger partial charge is 0.256 e. The standard InChI is InChI=1S/C25H27ClN6O3/c1-15-12-32-23(28-24(15)30-13-16(11-27)22(33)14-30)10-20(29-32)21-5-3-4-8-31(21)25(34)18-9-17(35-2)6-7-19(18)26/h6-7,9-10,12,16,21-22,33H,3-5,8,13-14H2,1-2H3/t16-,21+,22+/m1/s1. The second-order valence-electron chi connectivity index (χ2n) is 9.18. The highest BCUT2D eigenvalue weighted by molar-refractivity contribution is 6.33. The van der Waals surface area contributed by atoms with Crippen molar-refractivity contribution >= 4 is 29.0 Å². The lowest BCUT2D eigenvalue weighted by molar-refractivity contribution is 0.0605. The monoisotopic (exact) mass is 494 g/mol. The molecule has 1 aromatic carbocycles. The third-order valence-electron chi connectivity index (χ3n) is 6.89. The lowest BCUT2D eigenvalue weighted by Gasteiger charge is -2.35. The predicted molar refractivity (Wildman–Crippen MR) is 131 cm³/mol. The Hall–Kier alpha value is -3.35. The first-order valence-electron chi connectivity index (χ1n) is 11.7. The zero-order chi connectivity index (χ0) is 24.7. The van der Waals surface area contributed by atoms with Crippen molar-refractivity contribution in [2.75, 3.05) is 31.6 Å². The number of aromatic nitrogens is 3. The molecule has 2 fully saturated rings. The van der Waals surface area contributed by atoms with Crippen LogP contribution in [0.3, 0.4) is 0 Å². The summed E-state index contributed by atoms with van der Waals surface area (Å²) in [7, 11) is 1.56. The minimum absolute atomic E-state index is 0.144. The van der Waals surface area contributed by atoms with Gasteiger partial charge in [-0.25, -0.2) is 9.50 Å². The number of hydrogen-bond acceptors (Lipinski definition) is 7. The van der Waals surface area contributed by atoms with E-state index in [1.165, 1.54) is 0 Å². The molecule has 0 saturated carbocycles. The molecule has 0 bridgehead atoms. The minimum atomic E-state index is -0.692. The number of β-amino-alcohol motifs (C(OH)–C–C–N with tert-alkyl or cyclic N) is 1. The van der Waals surface area contributed by atoms with Gasteiger partial charge in [0.2, 0.25) is 0 Å². The zero-order valence-electron chi connectivity index (χ0n) is 19.7. The lowest BCUT2D eigenvalue weighted by Crippen LogP contribution is -2.38. The quantitative estimate of drug-likeness (QED) is 0.592. The largest absolute Gasteiger partial charge is 0.497 e. The molecule has 2 aromatic heterocycles. The predicted octanol–water partition coefficient (Wildman–Crippen LogP) is 3.39. The molecule has 0 radical (unpaired) electrons. The maximum Gasteiger partial charge on any atom is 0.256 e. The number of benzene rings is 1. The number of aliphatic hydroxyl groups is 1. The number of aryl methyl sites for hydroxylation is 1. The van der Waals surface area contributed by atoms with Gasteiger partial charge in [-0.15, -0.1) is 0 Å². The van der Waals surface area contributed by atoms with Crippen molar-refractivity contribution in [3.63, 3.8) is 0 Å². The van der Waals surface area contributed by atoms with Crippen LogP contribution in [0.2, 0.25) is 5.02 Å². The number of hydrogen-bond donors (Lipinski definition) is 1. The van der Waals surface area contributed by atoms with Crippen LogP contribution in [0.4, 0.5) is 5.82 Å². The van der Waals surface area contributed by atoms with Gasteiger partial charge in [-0.1, -0.05) is 11.6 Å². The number of likely N-dealkylation sites (tertiary alicyclic amines) is 1. The summed E-state index contributed by atoms with van der Waals surface area (Å²) in [5.74, 6) is 0.740. The molecule has 2 aliphatic heterocycles. The number of nitriles is 1. The van der Waals surface area contributed by atoms with Crippen LogP contribution in [0.25, 0.3) is 5.65 Å². The summed E-state index contributed by atoms with van der Waals surface area (Å²) in [5, 5.41) is 24.6. The number of piperidine rings is 1. The van der Waals surface area contributed by atoms with Gasteiger partial charge in [-0.3, -0.25) is 4.79 Å². The molecule has 0 unspecified atom stereocenters. The Balaban J connectivity index is 1.47. The maximum atomic E-state index is 13.5. The average molecular weight is 495 g/mol. The van der Waals surface area contributed by atoms with Crippen LogP contribution in [0.15, 0.2) is 30.5 Å². The van der Waals surface area contributed by atoms with Gasteiger partial charge in [0, 0.05) is 37.5 Å². The molecule has 2 aliphatic rings. The second-order valence-corrected chi connectivity index (χ2v) is 9.59. The van der Waals surface area contributed by atoms with E-state index in [-0.39, 0.29) is 11.9 Å². The summed E-state index contributed by atoms with van der Waals surface area (Å²) in [6, 6.07) is 8.98. The number of ether oxygens (including phenoxy) is 1. The first-order valence-corrected chi connectivity index (χ1v) is 12.1. The van der Waals surface area contributed by atoms with Crippen LogP contribution < -0.4 is 9.64 Å². The molecule has 35 heavy (non-hydrogen) atoms. The molecule has 5 rings (SSSR count). The summed E-state index contributed by atoms with van der Waals surface area (Å²) in [6.07, 6.45) is 3.92. The third kappa shape index (κ3) is 4.28. The molecule has 0 aliphatic carbocycles. The Bertz CT molecular complexity index is 1320. The van der Waals surface area contributed by atoms with Crippen LogP contribution in [-0.4, -0.2) is 63.4 Å². The van der Waals surface area contributed by atoms with E-state index >= 15 is 0 Å². The van der Waals surface area contributed by atoms with Gasteiger partial charge >= 0.3 is 0 Å². The Morgan fingerprint density at radius 1 is 1.29 bits per heavy atom. The highest BCUT2D eigenvalue weighted by atomic mass is 35.5.